The highest BCUT2D eigenvalue weighted by atomic mass is 35.5. The third-order valence-electron chi connectivity index (χ3n) is 1.81. The van der Waals surface area contributed by atoms with Crippen molar-refractivity contribution >= 4 is 11.6 Å². The number of halogens is 5. The van der Waals surface area contributed by atoms with Crippen molar-refractivity contribution < 1.29 is 27.4 Å². The van der Waals surface area contributed by atoms with Gasteiger partial charge in [-0.1, -0.05) is 11.6 Å². The molecule has 8 heteroatoms. The molecule has 0 amide bonds. The Hall–Kier alpha value is -1.08. The van der Waals surface area contributed by atoms with Crippen molar-refractivity contribution in [2.45, 2.75) is 19.0 Å². The number of aliphatic hydroxyl groups is 1. The Morgan fingerprint density at radius 3 is 2.65 bits per heavy atom. The number of alkyl halides is 4. The van der Waals surface area contributed by atoms with Crippen LogP contribution in [-0.2, 0) is 6.61 Å². The van der Waals surface area contributed by atoms with Gasteiger partial charge in [0.05, 0.1) is 11.6 Å². The van der Waals surface area contributed by atoms with E-state index in [2.05, 4.69) is 9.72 Å². The molecule has 1 aromatic rings. The molecule has 0 aliphatic carbocycles. The number of pyridine rings is 1. The molecule has 0 saturated heterocycles. The lowest BCUT2D eigenvalue weighted by molar-refractivity contribution is -0.148. The summed E-state index contributed by atoms with van der Waals surface area (Å²) in [4.78, 5) is 3.51. The lowest BCUT2D eigenvalue weighted by Crippen LogP contribution is -2.33. The topological polar surface area (TPSA) is 42.4 Å². The summed E-state index contributed by atoms with van der Waals surface area (Å²) in [7, 11) is 0. The van der Waals surface area contributed by atoms with E-state index in [1.54, 1.807) is 0 Å². The molecule has 0 spiro atoms. The van der Waals surface area contributed by atoms with E-state index < -0.39 is 25.6 Å². The number of nitrogens with zero attached hydrogens (tertiary/aromatic N) is 1. The summed E-state index contributed by atoms with van der Waals surface area (Å²) in [6.07, 6.45) is -2.74. The standard InChI is InChI=1S/C9H8ClF4NO2/c10-6-2-15-7(1-5(6)3-16)17-4-9(13,14)8(11)12/h1-2,8,16H,3-4H2. The third-order valence-corrected chi connectivity index (χ3v) is 2.15. The average molecular weight is 274 g/mol. The van der Waals surface area contributed by atoms with Crippen LogP contribution in [0.5, 0.6) is 5.88 Å². The summed E-state index contributed by atoms with van der Waals surface area (Å²) in [5.74, 6) is -4.56. The molecule has 0 unspecified atom stereocenters. The number of aliphatic hydroxyl groups excluding tert-OH is 1. The lowest BCUT2D eigenvalue weighted by atomic mass is 10.3. The fourth-order valence-corrected chi connectivity index (χ4v) is 1.05. The minimum atomic E-state index is -4.25. The van der Waals surface area contributed by atoms with Crippen LogP contribution in [0.2, 0.25) is 5.02 Å². The second-order valence-electron chi connectivity index (χ2n) is 3.12. The van der Waals surface area contributed by atoms with Gasteiger partial charge < -0.3 is 9.84 Å². The minimum Gasteiger partial charge on any atom is -0.471 e. The summed E-state index contributed by atoms with van der Waals surface area (Å²) in [5, 5.41) is 8.95. The van der Waals surface area contributed by atoms with Crippen LogP contribution in [-0.4, -0.2) is 29.0 Å². The van der Waals surface area contributed by atoms with Crippen molar-refractivity contribution in [3.8, 4) is 5.88 Å². The zero-order valence-electron chi connectivity index (χ0n) is 8.34. The molecule has 0 aliphatic rings. The fraction of sp³-hybridized carbons (Fsp3) is 0.444. The number of rotatable bonds is 5. The molecule has 0 aliphatic heterocycles. The van der Waals surface area contributed by atoms with Gasteiger partial charge in [0.25, 0.3) is 0 Å². The lowest BCUT2D eigenvalue weighted by Gasteiger charge is -2.15. The van der Waals surface area contributed by atoms with E-state index in [4.69, 9.17) is 16.7 Å². The van der Waals surface area contributed by atoms with Crippen LogP contribution in [0.1, 0.15) is 5.56 Å². The Balaban J connectivity index is 2.70. The van der Waals surface area contributed by atoms with E-state index in [0.717, 1.165) is 12.3 Å². The van der Waals surface area contributed by atoms with Gasteiger partial charge in [0.2, 0.25) is 5.88 Å². The zero-order chi connectivity index (χ0) is 13.1. The highest BCUT2D eigenvalue weighted by molar-refractivity contribution is 6.31. The van der Waals surface area contributed by atoms with E-state index in [9.17, 15) is 17.6 Å². The van der Waals surface area contributed by atoms with Crippen molar-refractivity contribution in [3.05, 3.63) is 22.8 Å². The first-order valence-electron chi connectivity index (χ1n) is 4.41. The monoisotopic (exact) mass is 273 g/mol. The molecule has 1 aromatic heterocycles. The first kappa shape index (κ1) is 14.0. The van der Waals surface area contributed by atoms with Gasteiger partial charge in [0.15, 0.2) is 6.61 Å². The van der Waals surface area contributed by atoms with Crippen molar-refractivity contribution in [1.29, 1.82) is 0 Å². The third kappa shape index (κ3) is 3.71. The van der Waals surface area contributed by atoms with Crippen LogP contribution in [0, 0.1) is 0 Å². The molecule has 96 valence electrons. The van der Waals surface area contributed by atoms with Gasteiger partial charge in [-0.25, -0.2) is 13.8 Å². The first-order chi connectivity index (χ1) is 7.86. The summed E-state index contributed by atoms with van der Waals surface area (Å²) < 4.78 is 53.1. The molecule has 0 radical (unpaired) electrons. The second-order valence-corrected chi connectivity index (χ2v) is 3.53. The Morgan fingerprint density at radius 2 is 2.12 bits per heavy atom. The van der Waals surface area contributed by atoms with Crippen LogP contribution in [0.15, 0.2) is 12.3 Å². The molecule has 0 atom stereocenters. The van der Waals surface area contributed by atoms with Gasteiger partial charge in [-0.05, 0) is 0 Å². The van der Waals surface area contributed by atoms with Crippen molar-refractivity contribution in [2.75, 3.05) is 6.61 Å². The van der Waals surface area contributed by atoms with Gasteiger partial charge in [-0.3, -0.25) is 0 Å². The van der Waals surface area contributed by atoms with E-state index >= 15 is 0 Å². The SMILES string of the molecule is OCc1cc(OCC(F)(F)C(F)F)ncc1Cl. The highest BCUT2D eigenvalue weighted by Crippen LogP contribution is 2.25. The fourth-order valence-electron chi connectivity index (χ4n) is 0.892. The Labute approximate surface area is 99.0 Å². The molecule has 1 N–H and O–H groups in total. The number of ether oxygens (including phenoxy) is 1. The number of aromatic nitrogens is 1. The normalized spacial score (nSPS) is 11.9. The van der Waals surface area contributed by atoms with Crippen LogP contribution in [0.3, 0.4) is 0 Å². The Bertz CT molecular complexity index is 389. The highest BCUT2D eigenvalue weighted by Gasteiger charge is 2.41. The maximum Gasteiger partial charge on any atom is 0.340 e. The van der Waals surface area contributed by atoms with Crippen molar-refractivity contribution in [2.24, 2.45) is 0 Å². The van der Waals surface area contributed by atoms with E-state index in [0.29, 0.717) is 0 Å². The predicted octanol–water partition coefficient (Wildman–Crippen LogP) is 2.51. The molecular formula is C9H8ClF4NO2. The van der Waals surface area contributed by atoms with E-state index in [1.165, 1.54) is 0 Å². The zero-order valence-corrected chi connectivity index (χ0v) is 9.09. The molecule has 0 aromatic carbocycles. The van der Waals surface area contributed by atoms with E-state index in [-0.39, 0.29) is 16.5 Å². The minimum absolute atomic E-state index is 0.125. The van der Waals surface area contributed by atoms with Crippen LogP contribution < -0.4 is 4.74 Å². The largest absolute Gasteiger partial charge is 0.471 e. The summed E-state index contributed by atoms with van der Waals surface area (Å²) in [6, 6.07) is 1.10. The predicted molar refractivity (Wildman–Crippen MR) is 51.6 cm³/mol. The number of hydrogen-bond acceptors (Lipinski definition) is 3. The summed E-state index contributed by atoms with van der Waals surface area (Å²) in [6.45, 7) is -1.94. The van der Waals surface area contributed by atoms with Gasteiger partial charge in [-0.15, -0.1) is 0 Å². The summed E-state index contributed by atoms with van der Waals surface area (Å²) in [5.41, 5.74) is 0.206. The second kappa shape index (κ2) is 5.50. The maximum absolute atomic E-state index is 12.5. The molecule has 0 saturated carbocycles. The first-order valence-corrected chi connectivity index (χ1v) is 4.78. The van der Waals surface area contributed by atoms with Crippen LogP contribution >= 0.6 is 11.6 Å². The van der Waals surface area contributed by atoms with Crippen molar-refractivity contribution in [1.82, 2.24) is 4.98 Å². The van der Waals surface area contributed by atoms with Gasteiger partial charge >= 0.3 is 12.3 Å². The maximum atomic E-state index is 12.5. The average Bonchev–Trinajstić information content (AvgIpc) is 2.28. The molecule has 3 nitrogen and oxygen atoms in total. The molecule has 1 heterocycles. The molecule has 17 heavy (non-hydrogen) atoms. The molecule has 0 fully saturated rings. The van der Waals surface area contributed by atoms with Gasteiger partial charge in [0.1, 0.15) is 0 Å². The molecule has 0 bridgehead atoms. The Morgan fingerprint density at radius 1 is 1.47 bits per heavy atom. The molecule has 1 rings (SSSR count). The van der Waals surface area contributed by atoms with Crippen molar-refractivity contribution in [3.63, 3.8) is 0 Å². The Kier molecular flexibility index (Phi) is 4.53. The van der Waals surface area contributed by atoms with Crippen LogP contribution in [0.4, 0.5) is 17.6 Å². The smallest absolute Gasteiger partial charge is 0.340 e. The van der Waals surface area contributed by atoms with Crippen LogP contribution in [0.25, 0.3) is 0 Å². The van der Waals surface area contributed by atoms with Gasteiger partial charge in [-0.2, -0.15) is 8.78 Å². The molecular weight excluding hydrogens is 266 g/mol. The van der Waals surface area contributed by atoms with Gasteiger partial charge in [0, 0.05) is 17.8 Å². The summed E-state index contributed by atoms with van der Waals surface area (Å²) >= 11 is 5.59. The number of hydrogen-bond donors (Lipinski definition) is 1. The quantitative estimate of drug-likeness (QED) is 0.838. The van der Waals surface area contributed by atoms with E-state index in [1.807, 2.05) is 0 Å².